The van der Waals surface area contributed by atoms with Crippen molar-refractivity contribution in [3.63, 3.8) is 0 Å². The lowest BCUT2D eigenvalue weighted by atomic mass is 10.0. The summed E-state index contributed by atoms with van der Waals surface area (Å²) in [5.41, 5.74) is 1.46. The zero-order valence-corrected chi connectivity index (χ0v) is 9.18. The molecule has 2 aromatic carbocycles. The summed E-state index contributed by atoms with van der Waals surface area (Å²) in [6.45, 7) is 0. The van der Waals surface area contributed by atoms with E-state index in [4.69, 9.17) is 0 Å². The highest BCUT2D eigenvalue weighted by molar-refractivity contribution is 5.42. The molecule has 1 unspecified atom stereocenters. The largest absolute Gasteiger partial charge is 0.263 e. The van der Waals surface area contributed by atoms with Crippen LogP contribution < -0.4 is 0 Å². The van der Waals surface area contributed by atoms with Crippen LogP contribution in [0.3, 0.4) is 0 Å². The van der Waals surface area contributed by atoms with Crippen LogP contribution >= 0.6 is 0 Å². The normalized spacial score (nSPS) is 25.5. The van der Waals surface area contributed by atoms with Crippen LogP contribution in [0.1, 0.15) is 23.0 Å². The molecule has 3 rings (SSSR count). The molecule has 86 valence electrons. The van der Waals surface area contributed by atoms with Crippen molar-refractivity contribution in [1.82, 2.24) is 0 Å². The molecular formula is C15H12F2. The highest BCUT2D eigenvalue weighted by atomic mass is 19.3. The Morgan fingerprint density at radius 3 is 1.35 bits per heavy atom. The summed E-state index contributed by atoms with van der Waals surface area (Å²) in [4.78, 5) is 0. The van der Waals surface area contributed by atoms with Gasteiger partial charge in [0.25, 0.3) is 5.92 Å². The predicted molar refractivity (Wildman–Crippen MR) is 63.3 cm³/mol. The Kier molecular flexibility index (Phi) is 2.25. The molecule has 2 atom stereocenters. The molecule has 0 saturated heterocycles. The molecular weight excluding hydrogens is 218 g/mol. The van der Waals surface area contributed by atoms with E-state index in [9.17, 15) is 8.78 Å². The van der Waals surface area contributed by atoms with Crippen molar-refractivity contribution in [1.29, 1.82) is 0 Å². The predicted octanol–water partition coefficient (Wildman–Crippen LogP) is 4.20. The van der Waals surface area contributed by atoms with Gasteiger partial charge in [-0.15, -0.1) is 0 Å². The van der Waals surface area contributed by atoms with Gasteiger partial charge in [-0.05, 0) is 11.1 Å². The lowest BCUT2D eigenvalue weighted by Crippen LogP contribution is -1.94. The Hall–Kier alpha value is -1.70. The van der Waals surface area contributed by atoms with Gasteiger partial charge in [-0.3, -0.25) is 0 Å². The second-order valence-electron chi connectivity index (χ2n) is 4.45. The van der Waals surface area contributed by atoms with Gasteiger partial charge in [-0.2, -0.15) is 0 Å². The lowest BCUT2D eigenvalue weighted by Gasteiger charge is -1.97. The summed E-state index contributed by atoms with van der Waals surface area (Å²) in [5.74, 6) is -3.93. The lowest BCUT2D eigenvalue weighted by molar-refractivity contribution is 0.105. The Bertz CT molecular complexity index is 457. The highest BCUT2D eigenvalue weighted by Gasteiger charge is 2.69. The van der Waals surface area contributed by atoms with Gasteiger partial charge in [0.1, 0.15) is 0 Å². The van der Waals surface area contributed by atoms with Gasteiger partial charge in [-0.25, -0.2) is 8.78 Å². The minimum absolute atomic E-state index is 0.661. The van der Waals surface area contributed by atoms with Crippen LogP contribution in [0.2, 0.25) is 0 Å². The Morgan fingerprint density at radius 1 is 0.647 bits per heavy atom. The van der Waals surface area contributed by atoms with E-state index in [-0.39, 0.29) is 0 Å². The number of rotatable bonds is 2. The maximum atomic E-state index is 13.8. The first-order valence-corrected chi connectivity index (χ1v) is 5.69. The Morgan fingerprint density at radius 2 is 1.00 bits per heavy atom. The third-order valence-corrected chi connectivity index (χ3v) is 3.37. The summed E-state index contributed by atoms with van der Waals surface area (Å²) < 4.78 is 27.7. The molecule has 1 aliphatic rings. The molecule has 0 spiro atoms. The summed E-state index contributed by atoms with van der Waals surface area (Å²) in [7, 11) is 0. The van der Waals surface area contributed by atoms with Crippen LogP contribution in [0.4, 0.5) is 8.78 Å². The number of benzene rings is 2. The zero-order valence-electron chi connectivity index (χ0n) is 9.18. The fraction of sp³-hybridized carbons (Fsp3) is 0.200. The first kappa shape index (κ1) is 10.5. The standard InChI is InChI=1S/C15H12F2/c16-15(17)13(11-7-3-1-4-8-11)14(15)12-9-5-2-6-10-12/h1-10,13-14H/t13-,14?/m1/s1. The van der Waals surface area contributed by atoms with Gasteiger partial charge in [0, 0.05) is 0 Å². The number of hydrogen-bond donors (Lipinski definition) is 0. The van der Waals surface area contributed by atoms with Gasteiger partial charge < -0.3 is 0 Å². The third kappa shape index (κ3) is 1.64. The van der Waals surface area contributed by atoms with Gasteiger partial charge in [0.2, 0.25) is 0 Å². The summed E-state index contributed by atoms with van der Waals surface area (Å²) in [5, 5.41) is 0. The highest BCUT2D eigenvalue weighted by Crippen LogP contribution is 2.66. The summed E-state index contributed by atoms with van der Waals surface area (Å²) >= 11 is 0. The molecule has 1 aliphatic carbocycles. The van der Waals surface area contributed by atoms with Crippen LogP contribution in [0.25, 0.3) is 0 Å². The quantitative estimate of drug-likeness (QED) is 0.725. The van der Waals surface area contributed by atoms with E-state index in [2.05, 4.69) is 0 Å². The smallest absolute Gasteiger partial charge is 0.205 e. The van der Waals surface area contributed by atoms with Gasteiger partial charge >= 0.3 is 0 Å². The van der Waals surface area contributed by atoms with Crippen molar-refractivity contribution in [2.75, 3.05) is 0 Å². The van der Waals surface area contributed by atoms with Crippen molar-refractivity contribution < 1.29 is 8.78 Å². The van der Waals surface area contributed by atoms with E-state index in [1.807, 2.05) is 36.4 Å². The first-order valence-electron chi connectivity index (χ1n) is 5.69. The molecule has 0 aromatic heterocycles. The Balaban J connectivity index is 1.95. The van der Waals surface area contributed by atoms with E-state index < -0.39 is 17.8 Å². The van der Waals surface area contributed by atoms with Gasteiger partial charge in [-0.1, -0.05) is 60.7 Å². The maximum Gasteiger partial charge on any atom is 0.263 e. The molecule has 0 aliphatic heterocycles. The molecule has 0 nitrogen and oxygen atoms in total. The van der Waals surface area contributed by atoms with Crippen molar-refractivity contribution in [2.24, 2.45) is 0 Å². The van der Waals surface area contributed by atoms with Crippen LogP contribution in [0, 0.1) is 0 Å². The maximum absolute atomic E-state index is 13.8. The van der Waals surface area contributed by atoms with Crippen molar-refractivity contribution >= 4 is 0 Å². The van der Waals surface area contributed by atoms with E-state index in [1.165, 1.54) is 0 Å². The van der Waals surface area contributed by atoms with Crippen LogP contribution in [0.5, 0.6) is 0 Å². The van der Waals surface area contributed by atoms with Crippen LogP contribution in [-0.4, -0.2) is 5.92 Å². The molecule has 0 N–H and O–H groups in total. The molecule has 1 fully saturated rings. The third-order valence-electron chi connectivity index (χ3n) is 3.37. The minimum atomic E-state index is -2.61. The monoisotopic (exact) mass is 230 g/mol. The van der Waals surface area contributed by atoms with Crippen LogP contribution in [0.15, 0.2) is 60.7 Å². The summed E-state index contributed by atoms with van der Waals surface area (Å²) in [6.07, 6.45) is 0. The molecule has 0 radical (unpaired) electrons. The molecule has 0 bridgehead atoms. The molecule has 1 saturated carbocycles. The molecule has 0 heterocycles. The molecule has 17 heavy (non-hydrogen) atoms. The second kappa shape index (κ2) is 3.66. The van der Waals surface area contributed by atoms with Crippen molar-refractivity contribution in [3.05, 3.63) is 71.8 Å². The first-order chi connectivity index (χ1) is 8.21. The zero-order chi connectivity index (χ0) is 11.9. The van der Waals surface area contributed by atoms with Crippen LogP contribution in [-0.2, 0) is 0 Å². The van der Waals surface area contributed by atoms with E-state index >= 15 is 0 Å². The number of alkyl halides is 2. The van der Waals surface area contributed by atoms with Crippen molar-refractivity contribution in [2.45, 2.75) is 17.8 Å². The van der Waals surface area contributed by atoms with E-state index in [1.54, 1.807) is 24.3 Å². The fourth-order valence-electron chi connectivity index (χ4n) is 2.48. The average molecular weight is 230 g/mol. The topological polar surface area (TPSA) is 0 Å². The van der Waals surface area contributed by atoms with E-state index in [0.717, 1.165) is 11.1 Å². The number of hydrogen-bond acceptors (Lipinski definition) is 0. The Labute approximate surface area is 98.9 Å². The van der Waals surface area contributed by atoms with Crippen molar-refractivity contribution in [3.8, 4) is 0 Å². The number of halogens is 2. The van der Waals surface area contributed by atoms with Gasteiger partial charge in [0.05, 0.1) is 11.8 Å². The fourth-order valence-corrected chi connectivity index (χ4v) is 2.48. The van der Waals surface area contributed by atoms with Gasteiger partial charge in [0.15, 0.2) is 0 Å². The SMILES string of the molecule is FC1(F)C(c2ccccc2)[C@H]1c1ccccc1. The van der Waals surface area contributed by atoms with E-state index in [0.29, 0.717) is 0 Å². The second-order valence-corrected chi connectivity index (χ2v) is 4.45. The molecule has 0 amide bonds. The average Bonchev–Trinajstić information content (AvgIpc) is 2.94. The minimum Gasteiger partial charge on any atom is -0.205 e. The molecule has 2 heteroatoms. The summed E-state index contributed by atoms with van der Waals surface area (Å²) in [6, 6.07) is 18.1. The molecule has 2 aromatic rings.